The molecule has 0 spiro atoms. The van der Waals surface area contributed by atoms with E-state index in [-0.39, 0.29) is 0 Å². The summed E-state index contributed by atoms with van der Waals surface area (Å²) in [5.74, 6) is -2.79. The molecule has 1 N–H and O–H groups in total. The van der Waals surface area contributed by atoms with Gasteiger partial charge in [0.25, 0.3) is 5.85 Å². The van der Waals surface area contributed by atoms with Crippen LogP contribution in [0, 0.1) is 0 Å². The average Bonchev–Trinajstić information content (AvgIpc) is 2.03. The molecule has 0 aromatic heterocycles. The minimum Gasteiger partial charge on any atom is -0.390 e. The van der Waals surface area contributed by atoms with Crippen LogP contribution in [0.3, 0.4) is 0 Å². The average molecular weight is 172 g/mol. The zero-order chi connectivity index (χ0) is 8.70. The van der Waals surface area contributed by atoms with Gasteiger partial charge in [-0.1, -0.05) is 0 Å². The Kier molecular flexibility index (Phi) is 1.85. The Labute approximate surface area is 60.7 Å². The highest BCUT2D eigenvalue weighted by Gasteiger charge is 2.58. The van der Waals surface area contributed by atoms with Crippen LogP contribution in [-0.4, -0.2) is 30.0 Å². The third-order valence-electron chi connectivity index (χ3n) is 1.43. The van der Waals surface area contributed by atoms with E-state index in [0.717, 1.165) is 6.92 Å². The largest absolute Gasteiger partial charge is 0.488 e. The smallest absolute Gasteiger partial charge is 0.390 e. The molecular formula is C5H7F3O3. The van der Waals surface area contributed by atoms with Crippen LogP contribution in [-0.2, 0) is 9.47 Å². The molecule has 1 fully saturated rings. The normalized spacial score (nSPS) is 42.8. The molecular weight excluding hydrogens is 165 g/mol. The van der Waals surface area contributed by atoms with Crippen molar-refractivity contribution in [2.75, 3.05) is 6.61 Å². The van der Waals surface area contributed by atoms with Crippen LogP contribution in [0.15, 0.2) is 0 Å². The first-order valence-corrected chi connectivity index (χ1v) is 2.95. The molecule has 0 aromatic carbocycles. The van der Waals surface area contributed by atoms with Gasteiger partial charge >= 0.3 is 6.29 Å². The standard InChI is InChI=1S/C5H7F3O3/c1-3-4(6,2-9)11-5(7,8)10-3/h3,9H,2H2,1H3. The molecule has 0 amide bonds. The fourth-order valence-corrected chi connectivity index (χ4v) is 0.759. The van der Waals surface area contributed by atoms with Crippen molar-refractivity contribution in [3.63, 3.8) is 0 Å². The van der Waals surface area contributed by atoms with Crippen LogP contribution in [0.2, 0.25) is 0 Å². The van der Waals surface area contributed by atoms with Crippen molar-refractivity contribution in [3.8, 4) is 0 Å². The molecule has 1 heterocycles. The first kappa shape index (κ1) is 8.76. The van der Waals surface area contributed by atoms with Crippen LogP contribution in [0.5, 0.6) is 0 Å². The third kappa shape index (κ3) is 1.47. The highest BCUT2D eigenvalue weighted by molar-refractivity contribution is 4.80. The minimum absolute atomic E-state index is 1.05. The molecule has 66 valence electrons. The maximum absolute atomic E-state index is 12.9. The van der Waals surface area contributed by atoms with E-state index < -0.39 is 24.9 Å². The van der Waals surface area contributed by atoms with Crippen LogP contribution < -0.4 is 0 Å². The summed E-state index contributed by atoms with van der Waals surface area (Å²) in [6, 6.07) is 0. The van der Waals surface area contributed by atoms with Crippen LogP contribution in [0.25, 0.3) is 0 Å². The van der Waals surface area contributed by atoms with Crippen molar-refractivity contribution in [2.45, 2.75) is 25.2 Å². The van der Waals surface area contributed by atoms with Crippen LogP contribution >= 0.6 is 0 Å². The molecule has 11 heavy (non-hydrogen) atoms. The maximum Gasteiger partial charge on any atom is 0.488 e. The van der Waals surface area contributed by atoms with E-state index in [1.165, 1.54) is 0 Å². The summed E-state index contributed by atoms with van der Waals surface area (Å²) in [6.07, 6.45) is -5.40. The number of hydrogen-bond donors (Lipinski definition) is 1. The van der Waals surface area contributed by atoms with Crippen LogP contribution in [0.4, 0.5) is 13.2 Å². The Balaban J connectivity index is 2.73. The van der Waals surface area contributed by atoms with E-state index in [1.54, 1.807) is 0 Å². The van der Waals surface area contributed by atoms with Gasteiger partial charge in [-0.2, -0.15) is 0 Å². The maximum atomic E-state index is 12.9. The molecule has 0 radical (unpaired) electrons. The predicted molar refractivity (Wildman–Crippen MR) is 27.5 cm³/mol. The van der Waals surface area contributed by atoms with Crippen molar-refractivity contribution >= 4 is 0 Å². The first-order chi connectivity index (χ1) is 4.90. The van der Waals surface area contributed by atoms with Crippen molar-refractivity contribution < 1.29 is 27.8 Å². The van der Waals surface area contributed by atoms with E-state index in [9.17, 15) is 13.2 Å². The van der Waals surface area contributed by atoms with Crippen LogP contribution in [0.1, 0.15) is 6.92 Å². The molecule has 2 atom stereocenters. The van der Waals surface area contributed by atoms with E-state index in [2.05, 4.69) is 9.47 Å². The van der Waals surface area contributed by atoms with Gasteiger partial charge in [-0.05, 0) is 6.92 Å². The number of ether oxygens (including phenoxy) is 2. The van der Waals surface area contributed by atoms with Crippen molar-refractivity contribution in [3.05, 3.63) is 0 Å². The number of aliphatic hydroxyl groups excluding tert-OH is 1. The Morgan fingerprint density at radius 3 is 2.18 bits per heavy atom. The third-order valence-corrected chi connectivity index (χ3v) is 1.43. The fraction of sp³-hybridized carbons (Fsp3) is 1.00. The summed E-state index contributed by atoms with van der Waals surface area (Å²) in [5, 5.41) is 8.31. The Hall–Kier alpha value is -0.330. The SMILES string of the molecule is CC1OC(F)(F)OC1(F)CO. The van der Waals surface area contributed by atoms with E-state index >= 15 is 0 Å². The van der Waals surface area contributed by atoms with Crippen molar-refractivity contribution in [2.24, 2.45) is 0 Å². The quantitative estimate of drug-likeness (QED) is 0.630. The second-order valence-electron chi connectivity index (χ2n) is 2.27. The number of halogens is 3. The highest BCUT2D eigenvalue weighted by Crippen LogP contribution is 2.39. The Bertz CT molecular complexity index is 163. The van der Waals surface area contributed by atoms with Gasteiger partial charge in [0.2, 0.25) is 0 Å². The topological polar surface area (TPSA) is 38.7 Å². The molecule has 0 aromatic rings. The minimum atomic E-state index is -3.93. The monoisotopic (exact) mass is 172 g/mol. The molecule has 0 bridgehead atoms. The summed E-state index contributed by atoms with van der Waals surface area (Å²) >= 11 is 0. The zero-order valence-corrected chi connectivity index (χ0v) is 5.68. The lowest BCUT2D eigenvalue weighted by Gasteiger charge is -2.16. The number of aliphatic hydroxyl groups is 1. The lowest BCUT2D eigenvalue weighted by molar-refractivity contribution is -0.371. The Morgan fingerprint density at radius 2 is 2.00 bits per heavy atom. The first-order valence-electron chi connectivity index (χ1n) is 2.95. The van der Waals surface area contributed by atoms with Gasteiger partial charge in [0.05, 0.1) is 0 Å². The Morgan fingerprint density at radius 1 is 1.45 bits per heavy atom. The fourth-order valence-electron chi connectivity index (χ4n) is 0.759. The second-order valence-corrected chi connectivity index (χ2v) is 2.27. The van der Waals surface area contributed by atoms with E-state index in [0.29, 0.717) is 0 Å². The summed E-state index contributed by atoms with van der Waals surface area (Å²) in [6.45, 7) is -0.0963. The lowest BCUT2D eigenvalue weighted by Crippen LogP contribution is -2.37. The highest BCUT2D eigenvalue weighted by atomic mass is 19.3. The van der Waals surface area contributed by atoms with Gasteiger partial charge in [-0.15, -0.1) is 8.78 Å². The van der Waals surface area contributed by atoms with Gasteiger partial charge in [-0.3, -0.25) is 9.47 Å². The van der Waals surface area contributed by atoms with Crippen molar-refractivity contribution in [1.82, 2.24) is 0 Å². The molecule has 6 heteroatoms. The molecule has 0 saturated carbocycles. The summed E-state index contributed by atoms with van der Waals surface area (Å²) in [4.78, 5) is 0. The summed E-state index contributed by atoms with van der Waals surface area (Å²) in [7, 11) is 0. The van der Waals surface area contributed by atoms with Gasteiger partial charge in [-0.25, -0.2) is 4.39 Å². The lowest BCUT2D eigenvalue weighted by atomic mass is 10.2. The molecule has 1 rings (SSSR count). The molecule has 1 aliphatic heterocycles. The van der Waals surface area contributed by atoms with Gasteiger partial charge < -0.3 is 5.11 Å². The predicted octanol–water partition coefficient (Wildman–Crippen LogP) is 0.630. The second kappa shape index (κ2) is 2.33. The summed E-state index contributed by atoms with van der Waals surface area (Å²) < 4.78 is 44.3. The van der Waals surface area contributed by atoms with E-state index in [4.69, 9.17) is 5.11 Å². The molecule has 1 aliphatic rings. The molecule has 1 saturated heterocycles. The molecule has 2 unspecified atom stereocenters. The molecule has 0 aliphatic carbocycles. The van der Waals surface area contributed by atoms with Gasteiger partial charge in [0.15, 0.2) is 0 Å². The number of rotatable bonds is 1. The number of alkyl halides is 3. The van der Waals surface area contributed by atoms with Gasteiger partial charge in [0.1, 0.15) is 12.7 Å². The zero-order valence-electron chi connectivity index (χ0n) is 5.68. The van der Waals surface area contributed by atoms with Crippen molar-refractivity contribution in [1.29, 1.82) is 0 Å². The van der Waals surface area contributed by atoms with E-state index in [1.807, 2.05) is 0 Å². The van der Waals surface area contributed by atoms with Gasteiger partial charge in [0, 0.05) is 0 Å². The summed E-state index contributed by atoms with van der Waals surface area (Å²) in [5.41, 5.74) is 0. The number of hydrogen-bond acceptors (Lipinski definition) is 3. The molecule has 3 nitrogen and oxygen atoms in total.